The first-order chi connectivity index (χ1) is 13.0. The number of carboxylic acids is 1. The number of oxazole rings is 1. The maximum Gasteiger partial charge on any atom is 0.311 e. The van der Waals surface area contributed by atoms with Gasteiger partial charge >= 0.3 is 5.97 Å². The minimum Gasteiger partial charge on any atom is -0.481 e. The zero-order valence-electron chi connectivity index (χ0n) is 14.7. The Kier molecular flexibility index (Phi) is 5.85. The lowest BCUT2D eigenvalue weighted by molar-refractivity contribution is -0.154. The lowest BCUT2D eigenvalue weighted by atomic mass is 9.80. The van der Waals surface area contributed by atoms with Crippen LogP contribution in [0.3, 0.4) is 0 Å². The van der Waals surface area contributed by atoms with Crippen molar-refractivity contribution in [2.75, 3.05) is 19.8 Å². The number of carbonyl (C=O) groups excluding carboxylic acids is 1. The molecule has 1 fully saturated rings. The summed E-state index contributed by atoms with van der Waals surface area (Å²) in [5.41, 5.74) is -0.668. The quantitative estimate of drug-likeness (QED) is 0.769. The summed E-state index contributed by atoms with van der Waals surface area (Å²) in [5.74, 6) is -0.993. The average Bonchev–Trinajstić information content (AvgIpc) is 3.14. The van der Waals surface area contributed by atoms with Crippen LogP contribution in [-0.4, -0.2) is 41.7 Å². The molecule has 2 heterocycles. The molecule has 1 aromatic heterocycles. The van der Waals surface area contributed by atoms with Crippen LogP contribution in [0.4, 0.5) is 4.39 Å². The number of aryl methyl sites for hydroxylation is 1. The average molecular weight is 376 g/mol. The van der Waals surface area contributed by atoms with E-state index in [1.165, 1.54) is 12.3 Å². The van der Waals surface area contributed by atoms with E-state index in [1.807, 2.05) is 0 Å². The number of aromatic nitrogens is 1. The molecule has 3 rings (SSSR count). The van der Waals surface area contributed by atoms with Gasteiger partial charge in [-0.3, -0.25) is 9.59 Å². The summed E-state index contributed by atoms with van der Waals surface area (Å²) in [7, 11) is 0. The Bertz CT molecular complexity index is 814. The molecule has 0 atom stereocenters. The van der Waals surface area contributed by atoms with E-state index in [0.717, 1.165) is 0 Å². The smallest absolute Gasteiger partial charge is 0.311 e. The topological polar surface area (TPSA) is 102 Å². The maximum absolute atomic E-state index is 13.8. The van der Waals surface area contributed by atoms with E-state index in [4.69, 9.17) is 9.15 Å². The van der Waals surface area contributed by atoms with E-state index >= 15 is 0 Å². The van der Waals surface area contributed by atoms with Gasteiger partial charge in [0.1, 0.15) is 5.82 Å². The molecule has 0 unspecified atom stereocenters. The predicted molar refractivity (Wildman–Crippen MR) is 93.3 cm³/mol. The van der Waals surface area contributed by atoms with Crippen molar-refractivity contribution in [2.24, 2.45) is 5.41 Å². The van der Waals surface area contributed by atoms with Crippen LogP contribution < -0.4 is 5.32 Å². The first-order valence-electron chi connectivity index (χ1n) is 8.78. The number of hydrogen-bond donors (Lipinski definition) is 2. The highest BCUT2D eigenvalue weighted by atomic mass is 19.1. The summed E-state index contributed by atoms with van der Waals surface area (Å²) in [4.78, 5) is 27.7. The van der Waals surface area contributed by atoms with Crippen molar-refractivity contribution in [2.45, 2.75) is 25.7 Å². The Morgan fingerprint density at radius 3 is 2.70 bits per heavy atom. The zero-order valence-corrected chi connectivity index (χ0v) is 14.7. The summed E-state index contributed by atoms with van der Waals surface area (Å²) in [5, 5.41) is 12.2. The van der Waals surface area contributed by atoms with Gasteiger partial charge in [0.25, 0.3) is 0 Å². The number of nitrogens with one attached hydrogen (secondary N) is 1. The van der Waals surface area contributed by atoms with Gasteiger partial charge in [0.2, 0.25) is 5.91 Å². The van der Waals surface area contributed by atoms with Gasteiger partial charge in [-0.2, -0.15) is 0 Å². The first-order valence-corrected chi connectivity index (χ1v) is 8.78. The lowest BCUT2D eigenvalue weighted by Gasteiger charge is -2.33. The summed E-state index contributed by atoms with van der Waals surface area (Å²) < 4.78 is 24.5. The van der Waals surface area contributed by atoms with Gasteiger partial charge in [0, 0.05) is 32.6 Å². The number of benzene rings is 1. The minimum absolute atomic E-state index is 0.0661. The summed E-state index contributed by atoms with van der Waals surface area (Å²) in [6.45, 7) is 0.811. The number of nitrogens with zero attached hydrogens (tertiary/aromatic N) is 1. The number of amides is 1. The molecule has 8 heteroatoms. The Morgan fingerprint density at radius 2 is 2.00 bits per heavy atom. The van der Waals surface area contributed by atoms with E-state index < -0.39 is 17.2 Å². The fourth-order valence-corrected chi connectivity index (χ4v) is 3.02. The molecule has 0 saturated carbocycles. The van der Waals surface area contributed by atoms with Crippen LogP contribution in [0.5, 0.6) is 0 Å². The molecular weight excluding hydrogens is 355 g/mol. The molecule has 0 radical (unpaired) electrons. The van der Waals surface area contributed by atoms with E-state index in [9.17, 15) is 19.1 Å². The van der Waals surface area contributed by atoms with E-state index in [-0.39, 0.29) is 25.3 Å². The van der Waals surface area contributed by atoms with Crippen LogP contribution >= 0.6 is 0 Å². The third-order valence-electron chi connectivity index (χ3n) is 4.79. The Hall–Kier alpha value is -2.74. The van der Waals surface area contributed by atoms with Crippen molar-refractivity contribution < 1.29 is 28.2 Å². The van der Waals surface area contributed by atoms with Crippen LogP contribution in [0.15, 0.2) is 34.9 Å². The van der Waals surface area contributed by atoms with E-state index in [2.05, 4.69) is 10.3 Å². The fourth-order valence-electron chi connectivity index (χ4n) is 3.02. The predicted octanol–water partition coefficient (Wildman–Crippen LogP) is 2.41. The largest absolute Gasteiger partial charge is 0.481 e. The maximum atomic E-state index is 13.8. The number of halogens is 1. The molecule has 0 spiro atoms. The van der Waals surface area contributed by atoms with Crippen molar-refractivity contribution in [3.8, 4) is 11.3 Å². The van der Waals surface area contributed by atoms with Crippen LogP contribution in [0, 0.1) is 11.2 Å². The van der Waals surface area contributed by atoms with Gasteiger partial charge in [-0.25, -0.2) is 9.37 Å². The van der Waals surface area contributed by atoms with Gasteiger partial charge in [-0.05, 0) is 25.0 Å². The third-order valence-corrected chi connectivity index (χ3v) is 4.79. The zero-order chi connectivity index (χ0) is 19.3. The van der Waals surface area contributed by atoms with Crippen LogP contribution in [-0.2, 0) is 20.7 Å². The Balaban J connectivity index is 1.52. The van der Waals surface area contributed by atoms with E-state index in [1.54, 1.807) is 18.2 Å². The molecular formula is C19H21FN2O5. The standard InChI is InChI=1S/C19H21FN2O5/c20-14-4-2-1-3-13(14)15-11-21-17(27-15)6-5-16(23)22-12-19(18(24)25)7-9-26-10-8-19/h1-4,11H,5-10,12H2,(H,22,23)(H,24,25). The molecule has 0 aliphatic carbocycles. The van der Waals surface area contributed by atoms with E-state index in [0.29, 0.717) is 43.3 Å². The molecule has 2 N–H and O–H groups in total. The highest BCUT2D eigenvalue weighted by Gasteiger charge is 2.40. The molecule has 2 aromatic rings. The number of aliphatic carboxylic acids is 1. The van der Waals surface area contributed by atoms with Crippen LogP contribution in [0.2, 0.25) is 0 Å². The lowest BCUT2D eigenvalue weighted by Crippen LogP contribution is -2.46. The van der Waals surface area contributed by atoms with Gasteiger partial charge in [0.15, 0.2) is 11.7 Å². The molecule has 1 aliphatic heterocycles. The summed E-state index contributed by atoms with van der Waals surface area (Å²) in [6.07, 6.45) is 2.50. The highest BCUT2D eigenvalue weighted by molar-refractivity contribution is 5.79. The molecule has 27 heavy (non-hydrogen) atoms. The third kappa shape index (κ3) is 4.51. The monoisotopic (exact) mass is 376 g/mol. The number of carboxylic acid groups (broad SMARTS) is 1. The molecule has 1 aromatic carbocycles. The normalized spacial score (nSPS) is 16.0. The van der Waals surface area contributed by atoms with Gasteiger partial charge in [-0.15, -0.1) is 0 Å². The molecule has 7 nitrogen and oxygen atoms in total. The highest BCUT2D eigenvalue weighted by Crippen LogP contribution is 2.30. The minimum atomic E-state index is -0.977. The van der Waals surface area contributed by atoms with Crippen LogP contribution in [0.25, 0.3) is 11.3 Å². The molecule has 144 valence electrons. The van der Waals surface area contributed by atoms with Crippen molar-refractivity contribution in [3.63, 3.8) is 0 Å². The molecule has 1 aliphatic rings. The van der Waals surface area contributed by atoms with Gasteiger partial charge in [0.05, 0.1) is 17.2 Å². The molecule has 1 saturated heterocycles. The summed E-state index contributed by atoms with van der Waals surface area (Å²) >= 11 is 0. The first kappa shape index (κ1) is 19.0. The second kappa shape index (κ2) is 8.30. The number of rotatable bonds is 7. The number of hydrogen-bond acceptors (Lipinski definition) is 5. The van der Waals surface area contributed by atoms with Gasteiger partial charge in [-0.1, -0.05) is 12.1 Å². The summed E-state index contributed by atoms with van der Waals surface area (Å²) in [6, 6.07) is 6.20. The number of ether oxygens (including phenoxy) is 1. The molecule has 1 amide bonds. The second-order valence-corrected chi connectivity index (χ2v) is 6.57. The van der Waals surface area contributed by atoms with Crippen molar-refractivity contribution >= 4 is 11.9 Å². The van der Waals surface area contributed by atoms with Gasteiger partial charge < -0.3 is 19.6 Å². The SMILES string of the molecule is O=C(CCc1ncc(-c2ccccc2F)o1)NCC1(C(=O)O)CCOCC1. The van der Waals surface area contributed by atoms with Crippen molar-refractivity contribution in [3.05, 3.63) is 42.2 Å². The fraction of sp³-hybridized carbons (Fsp3) is 0.421. The second-order valence-electron chi connectivity index (χ2n) is 6.57. The van der Waals surface area contributed by atoms with Crippen molar-refractivity contribution in [1.29, 1.82) is 0 Å². The number of carbonyl (C=O) groups is 2. The van der Waals surface area contributed by atoms with Crippen LogP contribution in [0.1, 0.15) is 25.2 Å². The van der Waals surface area contributed by atoms with Crippen molar-refractivity contribution in [1.82, 2.24) is 10.3 Å². The molecule has 0 bridgehead atoms. The Labute approximate surface area is 155 Å². The Morgan fingerprint density at radius 1 is 1.26 bits per heavy atom.